The number of aryl methyl sites for hydroxylation is 2. The molecule has 3 aromatic rings. The molecule has 0 bridgehead atoms. The number of carbonyl (C=O) groups excluding carboxylic acids is 1. The summed E-state index contributed by atoms with van der Waals surface area (Å²) in [5.41, 5.74) is 3.28. The van der Waals surface area contributed by atoms with Gasteiger partial charge in [-0.3, -0.25) is 4.79 Å². The average molecular weight is 446 g/mol. The normalized spacial score (nSPS) is 10.7. The highest BCUT2D eigenvalue weighted by Crippen LogP contribution is 2.24. The topological polar surface area (TPSA) is 54.9 Å². The van der Waals surface area contributed by atoms with Crippen molar-refractivity contribution in [1.82, 2.24) is 9.97 Å². The summed E-state index contributed by atoms with van der Waals surface area (Å²) in [4.78, 5) is 21.5. The largest absolute Gasteiger partial charge is 0.319 e. The molecule has 0 fully saturated rings. The third-order valence-electron chi connectivity index (χ3n) is 3.76. The van der Waals surface area contributed by atoms with Gasteiger partial charge in [0, 0.05) is 27.2 Å². The number of nitrogens with zero attached hydrogens (tertiary/aromatic N) is 2. The van der Waals surface area contributed by atoms with Gasteiger partial charge in [0.15, 0.2) is 5.16 Å². The van der Waals surface area contributed by atoms with E-state index in [1.165, 1.54) is 23.9 Å². The summed E-state index contributed by atoms with van der Waals surface area (Å²) in [7, 11) is 0. The fourth-order valence-electron chi connectivity index (χ4n) is 2.55. The Balaban J connectivity index is 1.77. The number of nitrogens with one attached hydrogen (secondary N) is 1. The lowest BCUT2D eigenvalue weighted by Gasteiger charge is -2.11. The van der Waals surface area contributed by atoms with Crippen LogP contribution in [0.15, 0.2) is 58.2 Å². The summed E-state index contributed by atoms with van der Waals surface area (Å²) in [6.07, 6.45) is 0. The van der Waals surface area contributed by atoms with Crippen LogP contribution in [-0.2, 0) is 5.75 Å². The number of thioether (sulfide) groups is 1. The Kier molecular flexibility index (Phi) is 6.23. The van der Waals surface area contributed by atoms with Crippen molar-refractivity contribution in [3.8, 4) is 0 Å². The summed E-state index contributed by atoms with van der Waals surface area (Å²) < 4.78 is 14.6. The zero-order chi connectivity index (χ0) is 19.4. The number of anilines is 1. The number of hydrogen-bond donors (Lipinski definition) is 1. The lowest BCUT2D eigenvalue weighted by atomic mass is 10.1. The molecule has 1 aromatic heterocycles. The third kappa shape index (κ3) is 5.14. The second-order valence-corrected chi connectivity index (χ2v) is 7.82. The molecule has 1 amide bonds. The monoisotopic (exact) mass is 445 g/mol. The van der Waals surface area contributed by atoms with E-state index in [-0.39, 0.29) is 11.6 Å². The Labute approximate surface area is 169 Å². The maximum absolute atomic E-state index is 14.0. The number of rotatable bonds is 5. The van der Waals surface area contributed by atoms with Gasteiger partial charge in [0.25, 0.3) is 5.91 Å². The highest BCUT2D eigenvalue weighted by molar-refractivity contribution is 9.10. The SMILES string of the molecule is Cc1cc(C)nc(SCc2ccccc2C(=O)Nc2ccc(Br)cc2F)n1. The number of carbonyl (C=O) groups is 1. The van der Waals surface area contributed by atoms with Crippen LogP contribution in [0.3, 0.4) is 0 Å². The fraction of sp³-hybridized carbons (Fsp3) is 0.150. The number of aromatic nitrogens is 2. The molecule has 0 spiro atoms. The molecule has 0 aliphatic rings. The van der Waals surface area contributed by atoms with Gasteiger partial charge in [0.05, 0.1) is 5.69 Å². The summed E-state index contributed by atoms with van der Waals surface area (Å²) in [5.74, 6) is -0.308. The van der Waals surface area contributed by atoms with Crippen LogP contribution < -0.4 is 5.32 Å². The minimum atomic E-state index is -0.492. The molecule has 0 saturated heterocycles. The first-order chi connectivity index (χ1) is 12.9. The Morgan fingerprint density at radius 2 is 1.81 bits per heavy atom. The van der Waals surface area contributed by atoms with Crippen LogP contribution >= 0.6 is 27.7 Å². The van der Waals surface area contributed by atoms with Crippen LogP contribution in [0.5, 0.6) is 0 Å². The molecule has 3 rings (SSSR count). The van der Waals surface area contributed by atoms with Gasteiger partial charge in [0.1, 0.15) is 5.82 Å². The number of amides is 1. The molecular weight excluding hydrogens is 429 g/mol. The molecule has 0 aliphatic carbocycles. The van der Waals surface area contributed by atoms with Gasteiger partial charge in [-0.25, -0.2) is 14.4 Å². The molecule has 27 heavy (non-hydrogen) atoms. The zero-order valence-corrected chi connectivity index (χ0v) is 17.2. The van der Waals surface area contributed by atoms with Crippen molar-refractivity contribution in [3.05, 3.63) is 81.3 Å². The highest BCUT2D eigenvalue weighted by atomic mass is 79.9. The lowest BCUT2D eigenvalue weighted by molar-refractivity contribution is 0.102. The molecule has 0 atom stereocenters. The molecule has 7 heteroatoms. The predicted molar refractivity (Wildman–Crippen MR) is 110 cm³/mol. The molecule has 0 saturated carbocycles. The molecule has 1 N–H and O–H groups in total. The van der Waals surface area contributed by atoms with E-state index in [0.717, 1.165) is 17.0 Å². The van der Waals surface area contributed by atoms with Crippen molar-refractivity contribution in [2.24, 2.45) is 0 Å². The number of halogens is 2. The Morgan fingerprint density at radius 1 is 1.11 bits per heavy atom. The first-order valence-corrected chi connectivity index (χ1v) is 9.99. The molecule has 1 heterocycles. The first kappa shape index (κ1) is 19.5. The predicted octanol–water partition coefficient (Wildman–Crippen LogP) is 5.54. The molecule has 0 radical (unpaired) electrons. The Hall–Kier alpha value is -2.25. The molecule has 0 unspecified atom stereocenters. The second kappa shape index (κ2) is 8.63. The highest BCUT2D eigenvalue weighted by Gasteiger charge is 2.14. The van der Waals surface area contributed by atoms with Gasteiger partial charge >= 0.3 is 0 Å². The maximum Gasteiger partial charge on any atom is 0.256 e. The van der Waals surface area contributed by atoms with Crippen LogP contribution in [0.4, 0.5) is 10.1 Å². The van der Waals surface area contributed by atoms with Crippen molar-refractivity contribution < 1.29 is 9.18 Å². The van der Waals surface area contributed by atoms with Gasteiger partial charge in [-0.05, 0) is 49.7 Å². The van der Waals surface area contributed by atoms with Gasteiger partial charge in [-0.15, -0.1) is 0 Å². The van der Waals surface area contributed by atoms with Crippen molar-refractivity contribution in [3.63, 3.8) is 0 Å². The van der Waals surface area contributed by atoms with E-state index in [4.69, 9.17) is 0 Å². The van der Waals surface area contributed by atoms with Crippen LogP contribution in [0.2, 0.25) is 0 Å². The van der Waals surface area contributed by atoms with Crippen molar-refractivity contribution in [2.45, 2.75) is 24.8 Å². The van der Waals surface area contributed by atoms with E-state index in [9.17, 15) is 9.18 Å². The van der Waals surface area contributed by atoms with Gasteiger partial charge < -0.3 is 5.32 Å². The molecule has 0 aliphatic heterocycles. The van der Waals surface area contributed by atoms with E-state index in [0.29, 0.717) is 20.9 Å². The van der Waals surface area contributed by atoms with Crippen molar-refractivity contribution >= 4 is 39.3 Å². The minimum Gasteiger partial charge on any atom is -0.319 e. The van der Waals surface area contributed by atoms with E-state index in [2.05, 4.69) is 31.2 Å². The van der Waals surface area contributed by atoms with E-state index >= 15 is 0 Å². The standard InChI is InChI=1S/C20H17BrFN3OS/c1-12-9-13(2)24-20(23-12)27-11-14-5-3-4-6-16(14)19(26)25-18-8-7-15(21)10-17(18)22/h3-10H,11H2,1-2H3,(H,25,26). The van der Waals surface area contributed by atoms with E-state index in [1.54, 1.807) is 18.2 Å². The second-order valence-electron chi connectivity index (χ2n) is 5.96. The van der Waals surface area contributed by atoms with Gasteiger partial charge in [-0.1, -0.05) is 45.9 Å². The van der Waals surface area contributed by atoms with Crippen LogP contribution in [0.25, 0.3) is 0 Å². The molecule has 2 aromatic carbocycles. The quantitative estimate of drug-likeness (QED) is 0.413. The summed E-state index contributed by atoms with van der Waals surface area (Å²) in [6, 6.07) is 13.7. The number of hydrogen-bond acceptors (Lipinski definition) is 4. The number of benzene rings is 2. The summed E-state index contributed by atoms with van der Waals surface area (Å²) in [6.45, 7) is 3.85. The third-order valence-corrected chi connectivity index (χ3v) is 5.15. The molecular formula is C20H17BrFN3OS. The van der Waals surface area contributed by atoms with E-state index < -0.39 is 5.82 Å². The fourth-order valence-corrected chi connectivity index (χ4v) is 3.84. The maximum atomic E-state index is 14.0. The first-order valence-electron chi connectivity index (χ1n) is 8.22. The molecule has 4 nitrogen and oxygen atoms in total. The van der Waals surface area contributed by atoms with Gasteiger partial charge in [0.2, 0.25) is 0 Å². The Bertz CT molecular complexity index is 976. The average Bonchev–Trinajstić information content (AvgIpc) is 2.62. The smallest absolute Gasteiger partial charge is 0.256 e. The van der Waals surface area contributed by atoms with Gasteiger partial charge in [-0.2, -0.15) is 0 Å². The van der Waals surface area contributed by atoms with Crippen molar-refractivity contribution in [2.75, 3.05) is 5.32 Å². The van der Waals surface area contributed by atoms with Crippen molar-refractivity contribution in [1.29, 1.82) is 0 Å². The zero-order valence-electron chi connectivity index (χ0n) is 14.8. The summed E-state index contributed by atoms with van der Waals surface area (Å²) >= 11 is 4.67. The van der Waals surface area contributed by atoms with E-state index in [1.807, 2.05) is 32.0 Å². The summed E-state index contributed by atoms with van der Waals surface area (Å²) in [5, 5.41) is 3.30. The van der Waals surface area contributed by atoms with Crippen LogP contribution in [0, 0.1) is 19.7 Å². The van der Waals surface area contributed by atoms with Crippen LogP contribution in [0.1, 0.15) is 27.3 Å². The Morgan fingerprint density at radius 3 is 2.52 bits per heavy atom. The molecule has 138 valence electrons. The minimum absolute atomic E-state index is 0.142. The van der Waals surface area contributed by atoms with Crippen LogP contribution in [-0.4, -0.2) is 15.9 Å². The lowest BCUT2D eigenvalue weighted by Crippen LogP contribution is -2.15.